The quantitative estimate of drug-likeness (QED) is 0.523. The van der Waals surface area contributed by atoms with Crippen LogP contribution in [-0.2, 0) is 9.53 Å². The van der Waals surface area contributed by atoms with Gasteiger partial charge in [0.2, 0.25) is 0 Å². The summed E-state index contributed by atoms with van der Waals surface area (Å²) in [6, 6.07) is 0. The van der Waals surface area contributed by atoms with Gasteiger partial charge >= 0.3 is 5.97 Å². The zero-order chi connectivity index (χ0) is 8.27. The fraction of sp³-hybridized carbons (Fsp3) is 0.500. The van der Waals surface area contributed by atoms with Gasteiger partial charge in [-0.1, -0.05) is 5.57 Å². The third kappa shape index (κ3) is 1.67. The van der Waals surface area contributed by atoms with E-state index in [-0.39, 0.29) is 11.9 Å². The van der Waals surface area contributed by atoms with Crippen molar-refractivity contribution in [2.45, 2.75) is 6.92 Å². The molecule has 1 rings (SSSR count). The second-order valence-electron chi connectivity index (χ2n) is 2.50. The summed E-state index contributed by atoms with van der Waals surface area (Å²) in [4.78, 5) is 15.0. The Hall–Kier alpha value is -1.12. The van der Waals surface area contributed by atoms with Crippen LogP contribution in [0.5, 0.6) is 0 Å². The summed E-state index contributed by atoms with van der Waals surface area (Å²) in [7, 11) is 1.40. The Kier molecular flexibility index (Phi) is 2.41. The molecule has 1 aliphatic heterocycles. The molecule has 0 bridgehead atoms. The van der Waals surface area contributed by atoms with Gasteiger partial charge in [0.25, 0.3) is 0 Å². The number of nitrogens with zero attached hydrogens (tertiary/aromatic N) is 1. The number of aliphatic imine (C=N–C) groups is 1. The lowest BCUT2D eigenvalue weighted by Crippen LogP contribution is -2.22. The maximum absolute atomic E-state index is 11.0. The average Bonchev–Trinajstić information content (AvgIpc) is 2.04. The molecule has 60 valence electrons. The van der Waals surface area contributed by atoms with Gasteiger partial charge in [-0.15, -0.1) is 0 Å². The summed E-state index contributed by atoms with van der Waals surface area (Å²) >= 11 is 0. The Morgan fingerprint density at radius 2 is 2.55 bits per heavy atom. The molecule has 1 aliphatic rings. The summed E-state index contributed by atoms with van der Waals surface area (Å²) in [5.41, 5.74) is 1.02. The molecule has 1 atom stereocenters. The molecule has 0 aliphatic carbocycles. The maximum atomic E-state index is 11.0. The largest absolute Gasteiger partial charge is 0.469 e. The summed E-state index contributed by atoms with van der Waals surface area (Å²) < 4.78 is 4.61. The number of methoxy groups -OCH3 is 1. The molecule has 3 heteroatoms. The lowest BCUT2D eigenvalue weighted by Gasteiger charge is -2.14. The van der Waals surface area contributed by atoms with Gasteiger partial charge in [0.05, 0.1) is 19.6 Å². The summed E-state index contributed by atoms with van der Waals surface area (Å²) in [5, 5.41) is 0. The van der Waals surface area contributed by atoms with E-state index >= 15 is 0 Å². The van der Waals surface area contributed by atoms with Crippen LogP contribution in [-0.4, -0.2) is 25.8 Å². The van der Waals surface area contributed by atoms with Crippen LogP contribution in [0, 0.1) is 5.92 Å². The van der Waals surface area contributed by atoms with Crippen LogP contribution < -0.4 is 0 Å². The third-order valence-corrected chi connectivity index (χ3v) is 1.77. The molecule has 0 radical (unpaired) electrons. The Morgan fingerprint density at radius 1 is 1.82 bits per heavy atom. The predicted octanol–water partition coefficient (Wildman–Crippen LogP) is 0.806. The molecular formula is C8H11NO2. The minimum absolute atomic E-state index is 0.162. The SMILES string of the molecule is COC(=O)C1CN=CC=C1C. The molecule has 0 spiro atoms. The van der Waals surface area contributed by atoms with E-state index < -0.39 is 0 Å². The smallest absolute Gasteiger partial charge is 0.314 e. The predicted molar refractivity (Wildman–Crippen MR) is 42.6 cm³/mol. The average molecular weight is 153 g/mol. The number of ether oxygens (including phenoxy) is 1. The number of allylic oxidation sites excluding steroid dienone is 1. The lowest BCUT2D eigenvalue weighted by atomic mass is 9.99. The summed E-state index contributed by atoms with van der Waals surface area (Å²) in [6.45, 7) is 2.43. The van der Waals surface area contributed by atoms with E-state index in [0.717, 1.165) is 5.57 Å². The fourth-order valence-corrected chi connectivity index (χ4v) is 0.999. The second kappa shape index (κ2) is 3.32. The molecule has 0 fully saturated rings. The number of hydrogen-bond donors (Lipinski definition) is 0. The van der Waals surface area contributed by atoms with Gasteiger partial charge < -0.3 is 4.74 Å². The highest BCUT2D eigenvalue weighted by molar-refractivity contribution is 5.81. The minimum atomic E-state index is -0.199. The van der Waals surface area contributed by atoms with Crippen molar-refractivity contribution in [1.82, 2.24) is 0 Å². The topological polar surface area (TPSA) is 38.7 Å². The van der Waals surface area contributed by atoms with Crippen molar-refractivity contribution in [3.8, 4) is 0 Å². The van der Waals surface area contributed by atoms with Crippen LogP contribution in [0.4, 0.5) is 0 Å². The zero-order valence-corrected chi connectivity index (χ0v) is 6.70. The van der Waals surface area contributed by atoms with Gasteiger partial charge in [-0.25, -0.2) is 0 Å². The first-order valence-corrected chi connectivity index (χ1v) is 3.50. The van der Waals surface area contributed by atoms with Crippen LogP contribution in [0.1, 0.15) is 6.92 Å². The van der Waals surface area contributed by atoms with Gasteiger partial charge in [-0.2, -0.15) is 0 Å². The molecular weight excluding hydrogens is 142 g/mol. The Labute approximate surface area is 65.8 Å². The minimum Gasteiger partial charge on any atom is -0.469 e. The normalized spacial score (nSPS) is 22.7. The van der Waals surface area contributed by atoms with Gasteiger partial charge in [0, 0.05) is 6.21 Å². The van der Waals surface area contributed by atoms with E-state index in [1.165, 1.54) is 7.11 Å². The van der Waals surface area contributed by atoms with Crippen molar-refractivity contribution < 1.29 is 9.53 Å². The third-order valence-electron chi connectivity index (χ3n) is 1.77. The van der Waals surface area contributed by atoms with Gasteiger partial charge in [0.15, 0.2) is 0 Å². The lowest BCUT2D eigenvalue weighted by molar-refractivity contribution is -0.143. The van der Waals surface area contributed by atoms with Crippen LogP contribution in [0.2, 0.25) is 0 Å². The van der Waals surface area contributed by atoms with Crippen molar-refractivity contribution >= 4 is 12.2 Å². The van der Waals surface area contributed by atoms with Crippen LogP contribution in [0.15, 0.2) is 16.6 Å². The molecule has 11 heavy (non-hydrogen) atoms. The number of carbonyl (C=O) groups is 1. The molecule has 0 saturated heterocycles. The van der Waals surface area contributed by atoms with Gasteiger partial charge in [0.1, 0.15) is 0 Å². The monoisotopic (exact) mass is 153 g/mol. The van der Waals surface area contributed by atoms with Crippen LogP contribution in [0.3, 0.4) is 0 Å². The molecule has 0 aromatic carbocycles. The Balaban J connectivity index is 2.68. The van der Waals surface area contributed by atoms with E-state index in [0.29, 0.717) is 6.54 Å². The van der Waals surface area contributed by atoms with Gasteiger partial charge in [-0.3, -0.25) is 9.79 Å². The molecule has 3 nitrogen and oxygen atoms in total. The van der Waals surface area contributed by atoms with Crippen molar-refractivity contribution in [2.75, 3.05) is 13.7 Å². The number of dihydropyridines is 1. The standard InChI is InChI=1S/C8H11NO2/c1-6-3-4-9-5-7(6)8(10)11-2/h3-4,7H,5H2,1-2H3. The van der Waals surface area contributed by atoms with E-state index in [4.69, 9.17) is 0 Å². The molecule has 0 aromatic heterocycles. The summed E-state index contributed by atoms with van der Waals surface area (Å²) in [6.07, 6.45) is 3.56. The first-order valence-electron chi connectivity index (χ1n) is 3.50. The maximum Gasteiger partial charge on any atom is 0.314 e. The molecule has 1 unspecified atom stereocenters. The molecule has 0 N–H and O–H groups in total. The highest BCUT2D eigenvalue weighted by Crippen LogP contribution is 2.14. The van der Waals surface area contributed by atoms with Crippen LogP contribution in [0.25, 0.3) is 0 Å². The molecule has 0 amide bonds. The van der Waals surface area contributed by atoms with Gasteiger partial charge in [-0.05, 0) is 13.0 Å². The molecule has 1 heterocycles. The van der Waals surface area contributed by atoms with Crippen molar-refractivity contribution in [2.24, 2.45) is 10.9 Å². The van der Waals surface area contributed by atoms with E-state index in [2.05, 4.69) is 9.73 Å². The number of hydrogen-bond acceptors (Lipinski definition) is 3. The summed E-state index contributed by atoms with van der Waals surface area (Å²) in [5.74, 6) is -0.361. The Morgan fingerprint density at radius 3 is 3.09 bits per heavy atom. The first-order chi connectivity index (χ1) is 5.25. The van der Waals surface area contributed by atoms with Crippen molar-refractivity contribution in [3.05, 3.63) is 11.6 Å². The number of carbonyl (C=O) groups excluding carboxylic acids is 1. The highest BCUT2D eigenvalue weighted by Gasteiger charge is 2.21. The number of rotatable bonds is 1. The Bertz CT molecular complexity index is 218. The zero-order valence-electron chi connectivity index (χ0n) is 6.70. The van der Waals surface area contributed by atoms with E-state index in [1.807, 2.05) is 13.0 Å². The first kappa shape index (κ1) is 7.98. The van der Waals surface area contributed by atoms with E-state index in [1.54, 1.807) is 6.21 Å². The number of esters is 1. The molecule has 0 aromatic rings. The fourth-order valence-electron chi connectivity index (χ4n) is 0.999. The van der Waals surface area contributed by atoms with Crippen LogP contribution >= 0.6 is 0 Å². The highest BCUT2D eigenvalue weighted by atomic mass is 16.5. The van der Waals surface area contributed by atoms with E-state index in [9.17, 15) is 4.79 Å². The van der Waals surface area contributed by atoms with Crippen molar-refractivity contribution in [1.29, 1.82) is 0 Å². The second-order valence-corrected chi connectivity index (χ2v) is 2.50. The molecule has 0 saturated carbocycles. The van der Waals surface area contributed by atoms with Crippen molar-refractivity contribution in [3.63, 3.8) is 0 Å².